The van der Waals surface area contributed by atoms with Gasteiger partial charge >= 0.3 is 0 Å². The topological polar surface area (TPSA) is 57.5 Å². The van der Waals surface area contributed by atoms with E-state index in [4.69, 9.17) is 9.11 Å². The Bertz CT molecular complexity index is 224. The predicted molar refractivity (Wildman–Crippen MR) is 46.5 cm³/mol. The van der Waals surface area contributed by atoms with E-state index in [9.17, 15) is 8.60 Å². The minimum Gasteiger partial charge on any atom is -0.308 e. The third kappa shape index (κ3) is 2.24. The van der Waals surface area contributed by atoms with Crippen molar-refractivity contribution in [1.82, 2.24) is 0 Å². The fourth-order valence-electron chi connectivity index (χ4n) is 1.66. The van der Waals surface area contributed by atoms with E-state index in [1.165, 1.54) is 0 Å². The van der Waals surface area contributed by atoms with E-state index in [0.29, 0.717) is 12.8 Å². The Balaban J connectivity index is 2.80. The Labute approximate surface area is 71.4 Å². The highest BCUT2D eigenvalue weighted by molar-refractivity contribution is 8.10. The van der Waals surface area contributed by atoms with Crippen LogP contribution < -0.4 is 0 Å². The van der Waals surface area contributed by atoms with Gasteiger partial charge in [-0.2, -0.15) is 0 Å². The molecule has 0 bridgehead atoms. The number of hydrogen-bond donors (Lipinski definition) is 2. The average molecular weight is 198 g/mol. The number of halogens is 1. The Morgan fingerprint density at radius 1 is 1.33 bits per heavy atom. The van der Waals surface area contributed by atoms with Gasteiger partial charge in [0.25, 0.3) is 0 Å². The van der Waals surface area contributed by atoms with Crippen molar-refractivity contribution in [3.63, 3.8) is 0 Å². The Hall–Kier alpha value is -0.0000000000000000555. The van der Waals surface area contributed by atoms with E-state index < -0.39 is 21.0 Å². The second-order valence-electron chi connectivity index (χ2n) is 3.64. The summed E-state index contributed by atoms with van der Waals surface area (Å²) < 4.78 is 42.6. The van der Waals surface area contributed by atoms with Crippen molar-refractivity contribution in [3.8, 4) is 0 Å². The third-order valence-corrected chi connectivity index (χ3v) is 4.24. The molecular weight excluding hydrogens is 183 g/mol. The van der Waals surface area contributed by atoms with E-state index in [1.807, 2.05) is 0 Å². The molecule has 2 unspecified atom stereocenters. The van der Waals surface area contributed by atoms with Gasteiger partial charge in [0.1, 0.15) is 6.17 Å². The second-order valence-corrected chi connectivity index (χ2v) is 6.86. The zero-order valence-electron chi connectivity index (χ0n) is 7.07. The first kappa shape index (κ1) is 10.1. The van der Waals surface area contributed by atoms with E-state index in [-0.39, 0.29) is 6.42 Å². The van der Waals surface area contributed by atoms with Crippen molar-refractivity contribution in [1.29, 1.82) is 0 Å². The van der Waals surface area contributed by atoms with Crippen LogP contribution in [0, 0.1) is 0 Å². The molecule has 1 rings (SSSR count). The number of rotatable bonds is 1. The van der Waals surface area contributed by atoms with Gasteiger partial charge in [0.2, 0.25) is 0 Å². The Morgan fingerprint density at radius 3 is 2.17 bits per heavy atom. The zero-order chi connectivity index (χ0) is 9.43. The maximum absolute atomic E-state index is 13.1. The smallest absolute Gasteiger partial charge is 0.117 e. The Kier molecular flexibility index (Phi) is 2.31. The van der Waals surface area contributed by atoms with Crippen molar-refractivity contribution in [2.45, 2.75) is 37.1 Å². The normalized spacial score (nSPS) is 35.5. The monoisotopic (exact) mass is 198 g/mol. The Morgan fingerprint density at radius 2 is 1.83 bits per heavy atom. The molecular formula is C7H15FO3S. The summed E-state index contributed by atoms with van der Waals surface area (Å²) in [6.07, 6.45) is 1.54. The van der Waals surface area contributed by atoms with Gasteiger partial charge in [-0.25, -0.2) is 8.60 Å². The summed E-state index contributed by atoms with van der Waals surface area (Å²) in [4.78, 5) is 0. The largest absolute Gasteiger partial charge is 0.308 e. The van der Waals surface area contributed by atoms with Crippen LogP contribution in [0.25, 0.3) is 0 Å². The summed E-state index contributed by atoms with van der Waals surface area (Å²) in [6.45, 7) is 0. The summed E-state index contributed by atoms with van der Waals surface area (Å²) in [7, 11) is -4.67. The molecule has 1 aliphatic rings. The molecule has 0 heterocycles. The quantitative estimate of drug-likeness (QED) is 0.673. The minimum atomic E-state index is -4.67. The van der Waals surface area contributed by atoms with Gasteiger partial charge in [0, 0.05) is 6.26 Å². The van der Waals surface area contributed by atoms with Gasteiger partial charge in [-0.05, 0) is 12.8 Å². The molecule has 0 radical (unpaired) electrons. The van der Waals surface area contributed by atoms with Crippen molar-refractivity contribution in [2.75, 3.05) is 6.26 Å². The summed E-state index contributed by atoms with van der Waals surface area (Å²) >= 11 is 0. The second kappa shape index (κ2) is 2.75. The molecule has 3 nitrogen and oxygen atoms in total. The lowest BCUT2D eigenvalue weighted by atomic mass is 9.98. The zero-order valence-corrected chi connectivity index (χ0v) is 7.89. The standard InChI is InChI=1S/C7H15FO3S/c1-12(9,10,11)7-5-3-2-4-6(7)8/h6-7H,2-5H2,1H3,(H2,9,10,11). The lowest BCUT2D eigenvalue weighted by molar-refractivity contribution is 0.230. The molecule has 2 atom stereocenters. The van der Waals surface area contributed by atoms with Crippen LogP contribution in [0.4, 0.5) is 4.39 Å². The minimum absolute atomic E-state index is 0.286. The van der Waals surface area contributed by atoms with E-state index in [2.05, 4.69) is 0 Å². The lowest BCUT2D eigenvalue weighted by Crippen LogP contribution is -2.49. The van der Waals surface area contributed by atoms with Gasteiger partial charge in [-0.1, -0.05) is 12.8 Å². The number of alkyl halides is 1. The van der Waals surface area contributed by atoms with E-state index in [0.717, 1.165) is 12.7 Å². The SMILES string of the molecule is CS(=O)(O)(O)C1CCCCC1F. The van der Waals surface area contributed by atoms with E-state index >= 15 is 0 Å². The fourth-order valence-corrected chi connectivity index (χ4v) is 3.19. The predicted octanol–water partition coefficient (Wildman–Crippen LogP) is 1.66. The van der Waals surface area contributed by atoms with Gasteiger partial charge < -0.3 is 9.11 Å². The van der Waals surface area contributed by atoms with Crippen LogP contribution in [0.3, 0.4) is 0 Å². The molecule has 2 N–H and O–H groups in total. The highest BCUT2D eigenvalue weighted by Crippen LogP contribution is 2.34. The molecule has 5 heteroatoms. The van der Waals surface area contributed by atoms with Crippen LogP contribution in [0.2, 0.25) is 0 Å². The van der Waals surface area contributed by atoms with Gasteiger partial charge in [-0.15, -0.1) is 0 Å². The van der Waals surface area contributed by atoms with Crippen LogP contribution in [-0.2, 0) is 9.63 Å². The van der Waals surface area contributed by atoms with Gasteiger partial charge in [-0.3, -0.25) is 0 Å². The molecule has 0 aromatic heterocycles. The first-order chi connectivity index (χ1) is 5.27. The summed E-state index contributed by atoms with van der Waals surface area (Å²) in [5.41, 5.74) is 0. The molecule has 1 aliphatic carbocycles. The van der Waals surface area contributed by atoms with Crippen LogP contribution >= 0.6 is 0 Å². The maximum Gasteiger partial charge on any atom is 0.117 e. The van der Waals surface area contributed by atoms with Crippen molar-refractivity contribution in [2.24, 2.45) is 0 Å². The van der Waals surface area contributed by atoms with Crippen LogP contribution in [0.1, 0.15) is 25.7 Å². The lowest BCUT2D eigenvalue weighted by Gasteiger charge is -2.39. The van der Waals surface area contributed by atoms with Crippen LogP contribution in [-0.4, -0.2) is 31.0 Å². The summed E-state index contributed by atoms with van der Waals surface area (Å²) in [6, 6.07) is 0. The van der Waals surface area contributed by atoms with Crippen molar-refractivity contribution in [3.05, 3.63) is 0 Å². The molecule has 0 aromatic carbocycles. The molecule has 12 heavy (non-hydrogen) atoms. The molecule has 1 fully saturated rings. The summed E-state index contributed by atoms with van der Waals surface area (Å²) in [5, 5.41) is -1.09. The molecule has 0 spiro atoms. The highest BCUT2D eigenvalue weighted by atomic mass is 32.3. The van der Waals surface area contributed by atoms with Crippen LogP contribution in [0.15, 0.2) is 0 Å². The highest BCUT2D eigenvalue weighted by Gasteiger charge is 2.42. The van der Waals surface area contributed by atoms with E-state index in [1.54, 1.807) is 0 Å². The molecule has 1 saturated carbocycles. The summed E-state index contributed by atoms with van der Waals surface area (Å²) in [5.74, 6) is 0. The molecule has 0 aliphatic heterocycles. The third-order valence-electron chi connectivity index (χ3n) is 2.32. The van der Waals surface area contributed by atoms with Gasteiger partial charge in [0.15, 0.2) is 0 Å². The van der Waals surface area contributed by atoms with Crippen molar-refractivity contribution >= 4 is 9.63 Å². The molecule has 0 saturated heterocycles. The molecule has 0 amide bonds. The maximum atomic E-state index is 13.1. The fraction of sp³-hybridized carbons (Fsp3) is 1.00. The average Bonchev–Trinajstić information content (AvgIpc) is 1.84. The first-order valence-electron chi connectivity index (χ1n) is 4.04. The van der Waals surface area contributed by atoms with Crippen molar-refractivity contribution < 1.29 is 17.7 Å². The van der Waals surface area contributed by atoms with Gasteiger partial charge in [0.05, 0.1) is 14.9 Å². The molecule has 74 valence electrons. The number of hydrogen-bond acceptors (Lipinski definition) is 1. The first-order valence-corrected chi connectivity index (χ1v) is 6.40. The van der Waals surface area contributed by atoms with Crippen LogP contribution in [0.5, 0.6) is 0 Å². The molecule has 0 aromatic rings.